The monoisotopic (exact) mass is 425 g/mol. The van der Waals surface area contributed by atoms with Crippen molar-refractivity contribution >= 4 is 28.9 Å². The highest BCUT2D eigenvalue weighted by Gasteiger charge is 2.14. The number of rotatable bonds is 6. The molecule has 0 spiro atoms. The van der Waals surface area contributed by atoms with Gasteiger partial charge in [0.2, 0.25) is 0 Å². The fourth-order valence-corrected chi connectivity index (χ4v) is 4.09. The van der Waals surface area contributed by atoms with Gasteiger partial charge in [-0.1, -0.05) is 18.2 Å². The zero-order chi connectivity index (χ0) is 22.8. The Labute approximate surface area is 187 Å². The van der Waals surface area contributed by atoms with E-state index in [1.165, 1.54) is 5.56 Å². The molecule has 2 N–H and O–H groups in total. The summed E-state index contributed by atoms with van der Waals surface area (Å²) in [6.45, 7) is 8.19. The molecular weight excluding hydrogens is 398 g/mol. The van der Waals surface area contributed by atoms with E-state index in [0.717, 1.165) is 63.1 Å². The molecule has 4 aromatic rings. The molecule has 32 heavy (non-hydrogen) atoms. The van der Waals surface area contributed by atoms with Crippen LogP contribution in [0.1, 0.15) is 44.6 Å². The van der Waals surface area contributed by atoms with E-state index in [-0.39, 0.29) is 5.91 Å². The molecule has 3 aromatic carbocycles. The van der Waals surface area contributed by atoms with Crippen LogP contribution in [0.4, 0.5) is 5.69 Å². The Balaban J connectivity index is 1.62. The number of fused-ring (bicyclic) bond motifs is 1. The highest BCUT2D eigenvalue weighted by molar-refractivity contribution is 6.06. The first-order chi connectivity index (χ1) is 15.4. The summed E-state index contributed by atoms with van der Waals surface area (Å²) in [4.78, 5) is 31.6. The predicted molar refractivity (Wildman–Crippen MR) is 129 cm³/mol. The smallest absolute Gasteiger partial charge is 0.255 e. The van der Waals surface area contributed by atoms with Gasteiger partial charge in [0, 0.05) is 23.2 Å². The van der Waals surface area contributed by atoms with Crippen LogP contribution in [0.3, 0.4) is 0 Å². The van der Waals surface area contributed by atoms with Crippen molar-refractivity contribution in [2.75, 3.05) is 5.32 Å². The standard InChI is InChI=1S/C27H27N3O2/c1-16-7-9-22(14-17(16)2)28-27(32)21-8-10-23-24(15-21)30-26(29-23)25-18(3)12-20(6-5-11-31)13-19(25)4/h7-15H,5-6H2,1-4H3,(H,28,32)(H,29,30). The van der Waals surface area contributed by atoms with Gasteiger partial charge in [0.25, 0.3) is 5.91 Å². The number of amides is 1. The van der Waals surface area contributed by atoms with Crippen LogP contribution in [0.15, 0.2) is 48.5 Å². The number of imidazole rings is 1. The van der Waals surface area contributed by atoms with Gasteiger partial charge in [-0.05, 0) is 92.3 Å². The van der Waals surface area contributed by atoms with Crippen molar-refractivity contribution in [3.8, 4) is 11.4 Å². The zero-order valence-corrected chi connectivity index (χ0v) is 18.9. The summed E-state index contributed by atoms with van der Waals surface area (Å²) >= 11 is 0. The Morgan fingerprint density at radius 3 is 2.38 bits per heavy atom. The first kappa shape index (κ1) is 21.5. The quantitative estimate of drug-likeness (QED) is 0.381. The molecule has 0 saturated heterocycles. The van der Waals surface area contributed by atoms with Crippen molar-refractivity contribution in [1.82, 2.24) is 9.97 Å². The Kier molecular flexibility index (Phi) is 5.91. The first-order valence-corrected chi connectivity index (χ1v) is 10.8. The van der Waals surface area contributed by atoms with Gasteiger partial charge in [-0.25, -0.2) is 4.98 Å². The molecular formula is C27H27N3O2. The lowest BCUT2D eigenvalue weighted by Crippen LogP contribution is -2.11. The van der Waals surface area contributed by atoms with Gasteiger partial charge >= 0.3 is 0 Å². The molecule has 0 atom stereocenters. The Hall–Kier alpha value is -3.73. The van der Waals surface area contributed by atoms with Crippen LogP contribution in [-0.4, -0.2) is 22.2 Å². The van der Waals surface area contributed by atoms with Crippen molar-refractivity contribution in [2.24, 2.45) is 0 Å². The minimum absolute atomic E-state index is 0.154. The Bertz CT molecular complexity index is 1310. The number of carbonyl (C=O) groups is 2. The number of nitrogens with one attached hydrogen (secondary N) is 2. The average molecular weight is 426 g/mol. The number of aldehydes is 1. The maximum absolute atomic E-state index is 12.8. The van der Waals surface area contributed by atoms with Crippen molar-refractivity contribution in [2.45, 2.75) is 40.5 Å². The Morgan fingerprint density at radius 2 is 1.69 bits per heavy atom. The molecule has 0 saturated carbocycles. The second-order valence-corrected chi connectivity index (χ2v) is 8.38. The molecule has 0 fully saturated rings. The zero-order valence-electron chi connectivity index (χ0n) is 18.9. The number of anilines is 1. The minimum Gasteiger partial charge on any atom is -0.338 e. The summed E-state index contributed by atoms with van der Waals surface area (Å²) in [6, 6.07) is 15.6. The van der Waals surface area contributed by atoms with E-state index in [4.69, 9.17) is 4.98 Å². The normalized spacial score (nSPS) is 11.0. The number of benzene rings is 3. The largest absolute Gasteiger partial charge is 0.338 e. The SMILES string of the molecule is Cc1ccc(NC(=O)c2ccc3nc(-c4c(C)cc(CCC=O)cc4C)[nH]c3c2)cc1C. The van der Waals surface area contributed by atoms with Gasteiger partial charge in [-0.2, -0.15) is 0 Å². The number of aryl methyl sites for hydroxylation is 5. The third-order valence-corrected chi connectivity index (χ3v) is 5.89. The van der Waals surface area contributed by atoms with E-state index in [1.54, 1.807) is 6.07 Å². The Morgan fingerprint density at radius 1 is 0.938 bits per heavy atom. The van der Waals surface area contributed by atoms with Crippen LogP contribution >= 0.6 is 0 Å². The van der Waals surface area contributed by atoms with Gasteiger partial charge in [0.05, 0.1) is 11.0 Å². The fraction of sp³-hybridized carbons (Fsp3) is 0.222. The lowest BCUT2D eigenvalue weighted by molar-refractivity contribution is -0.107. The third-order valence-electron chi connectivity index (χ3n) is 5.89. The fourth-order valence-electron chi connectivity index (χ4n) is 4.09. The number of nitrogens with zero attached hydrogens (tertiary/aromatic N) is 1. The van der Waals surface area contributed by atoms with E-state index < -0.39 is 0 Å². The molecule has 0 aliphatic carbocycles. The van der Waals surface area contributed by atoms with Crippen molar-refractivity contribution in [1.29, 1.82) is 0 Å². The summed E-state index contributed by atoms with van der Waals surface area (Å²) in [7, 11) is 0. The number of hydrogen-bond donors (Lipinski definition) is 2. The molecule has 5 nitrogen and oxygen atoms in total. The van der Waals surface area contributed by atoms with Crippen LogP contribution in [-0.2, 0) is 11.2 Å². The summed E-state index contributed by atoms with van der Waals surface area (Å²) in [5, 5.41) is 2.97. The number of aromatic nitrogens is 2. The van der Waals surface area contributed by atoms with Crippen LogP contribution in [0.2, 0.25) is 0 Å². The highest BCUT2D eigenvalue weighted by Crippen LogP contribution is 2.29. The van der Waals surface area contributed by atoms with Gasteiger partial charge in [0.1, 0.15) is 12.1 Å². The summed E-state index contributed by atoms with van der Waals surface area (Å²) in [5.41, 5.74) is 9.73. The summed E-state index contributed by atoms with van der Waals surface area (Å²) in [6.07, 6.45) is 2.21. The molecule has 1 amide bonds. The number of hydrogen-bond acceptors (Lipinski definition) is 3. The van der Waals surface area contributed by atoms with Crippen LogP contribution in [0, 0.1) is 27.7 Å². The molecule has 0 unspecified atom stereocenters. The van der Waals surface area contributed by atoms with Gasteiger partial charge in [0.15, 0.2) is 0 Å². The minimum atomic E-state index is -0.154. The lowest BCUT2D eigenvalue weighted by atomic mass is 9.97. The van der Waals surface area contributed by atoms with Crippen molar-refractivity contribution in [3.63, 3.8) is 0 Å². The lowest BCUT2D eigenvalue weighted by Gasteiger charge is -2.10. The molecule has 5 heteroatoms. The highest BCUT2D eigenvalue weighted by atomic mass is 16.1. The average Bonchev–Trinajstić information content (AvgIpc) is 3.17. The topological polar surface area (TPSA) is 74.8 Å². The van der Waals surface area contributed by atoms with Crippen LogP contribution in [0.5, 0.6) is 0 Å². The van der Waals surface area contributed by atoms with Crippen LogP contribution < -0.4 is 5.32 Å². The molecule has 0 aliphatic heterocycles. The first-order valence-electron chi connectivity index (χ1n) is 10.8. The summed E-state index contributed by atoms with van der Waals surface area (Å²) in [5.74, 6) is 0.627. The number of H-pyrrole nitrogens is 1. The van der Waals surface area contributed by atoms with Gasteiger partial charge in [-0.15, -0.1) is 0 Å². The number of carbonyl (C=O) groups excluding carboxylic acids is 2. The van der Waals surface area contributed by atoms with Crippen molar-refractivity contribution in [3.05, 3.63) is 81.9 Å². The van der Waals surface area contributed by atoms with E-state index in [9.17, 15) is 9.59 Å². The van der Waals surface area contributed by atoms with Crippen LogP contribution in [0.25, 0.3) is 22.4 Å². The van der Waals surface area contributed by atoms with E-state index in [0.29, 0.717) is 12.0 Å². The summed E-state index contributed by atoms with van der Waals surface area (Å²) < 4.78 is 0. The molecule has 0 bridgehead atoms. The second-order valence-electron chi connectivity index (χ2n) is 8.38. The van der Waals surface area contributed by atoms with Gasteiger partial charge in [-0.3, -0.25) is 4.79 Å². The predicted octanol–water partition coefficient (Wildman–Crippen LogP) is 5.85. The molecule has 4 rings (SSSR count). The van der Waals surface area contributed by atoms with Gasteiger partial charge < -0.3 is 15.1 Å². The second kappa shape index (κ2) is 8.79. The molecule has 162 valence electrons. The molecule has 0 aliphatic rings. The third kappa shape index (κ3) is 4.33. The molecule has 1 heterocycles. The number of aromatic amines is 1. The molecule has 1 aromatic heterocycles. The van der Waals surface area contributed by atoms with E-state index in [1.807, 2.05) is 44.2 Å². The van der Waals surface area contributed by atoms with E-state index in [2.05, 4.69) is 36.3 Å². The van der Waals surface area contributed by atoms with Crippen molar-refractivity contribution < 1.29 is 9.59 Å². The maximum Gasteiger partial charge on any atom is 0.255 e. The van der Waals surface area contributed by atoms with E-state index >= 15 is 0 Å². The maximum atomic E-state index is 12.8. The molecule has 0 radical (unpaired) electrons.